The lowest BCUT2D eigenvalue weighted by atomic mass is 10.2. The second kappa shape index (κ2) is 5.07. The highest BCUT2D eigenvalue weighted by Crippen LogP contribution is 2.00. The van der Waals surface area contributed by atoms with Crippen LogP contribution in [0.15, 0.2) is 24.4 Å². The van der Waals surface area contributed by atoms with Crippen molar-refractivity contribution in [2.45, 2.75) is 6.42 Å². The van der Waals surface area contributed by atoms with Gasteiger partial charge in [-0.25, -0.2) is 0 Å². The first-order valence-corrected chi connectivity index (χ1v) is 4.09. The molecule has 0 saturated carbocycles. The fourth-order valence-corrected chi connectivity index (χ4v) is 0.870. The molecule has 0 aliphatic rings. The molecule has 0 aliphatic carbocycles. The molecule has 0 saturated heterocycles. The molecule has 13 heavy (non-hydrogen) atoms. The summed E-state index contributed by atoms with van der Waals surface area (Å²) in [7, 11) is 0. The van der Waals surface area contributed by atoms with Gasteiger partial charge in [-0.05, 0) is 31.2 Å². The van der Waals surface area contributed by atoms with Gasteiger partial charge in [0.25, 0.3) is 0 Å². The van der Waals surface area contributed by atoms with E-state index < -0.39 is 0 Å². The molecule has 0 spiro atoms. The third kappa shape index (κ3) is 3.06. The molecule has 0 atom stereocenters. The summed E-state index contributed by atoms with van der Waals surface area (Å²) in [6, 6.07) is 5.57. The monoisotopic (exact) mass is 173 g/mol. The van der Waals surface area contributed by atoms with Crippen LogP contribution in [0.5, 0.6) is 0 Å². The summed E-state index contributed by atoms with van der Waals surface area (Å²) in [5.41, 5.74) is 6.76. The summed E-state index contributed by atoms with van der Waals surface area (Å²) in [6.45, 7) is 0.646. The predicted octanol–water partition coefficient (Wildman–Crippen LogP) is 1.32. The van der Waals surface area contributed by atoms with E-state index in [9.17, 15) is 0 Å². The number of nitrogens with two attached hydrogens (primary N) is 1. The SMILES string of the molecule is N#Cc1ccc(C=CCCN)nc1. The number of rotatable bonds is 3. The molecule has 0 aliphatic heterocycles. The van der Waals surface area contributed by atoms with Crippen LogP contribution in [0.3, 0.4) is 0 Å². The smallest absolute Gasteiger partial charge is 0.101 e. The Kier molecular flexibility index (Phi) is 3.68. The number of nitriles is 1. The minimum atomic E-state index is 0.580. The van der Waals surface area contributed by atoms with E-state index in [0.29, 0.717) is 12.1 Å². The van der Waals surface area contributed by atoms with Crippen LogP contribution in [-0.2, 0) is 0 Å². The van der Waals surface area contributed by atoms with E-state index in [0.717, 1.165) is 12.1 Å². The van der Waals surface area contributed by atoms with Crippen molar-refractivity contribution in [3.05, 3.63) is 35.7 Å². The zero-order valence-corrected chi connectivity index (χ0v) is 7.27. The average Bonchev–Trinajstić information content (AvgIpc) is 2.19. The third-order valence-corrected chi connectivity index (χ3v) is 1.54. The van der Waals surface area contributed by atoms with Crippen molar-refractivity contribution in [1.29, 1.82) is 5.26 Å². The van der Waals surface area contributed by atoms with Gasteiger partial charge in [0.05, 0.1) is 11.3 Å². The van der Waals surface area contributed by atoms with Crippen molar-refractivity contribution >= 4 is 6.08 Å². The van der Waals surface area contributed by atoms with Crippen LogP contribution in [0.25, 0.3) is 6.08 Å². The lowest BCUT2D eigenvalue weighted by molar-refractivity contribution is 1.01. The Labute approximate surface area is 77.5 Å². The molecule has 3 heteroatoms. The highest BCUT2D eigenvalue weighted by molar-refractivity contribution is 5.45. The van der Waals surface area contributed by atoms with Gasteiger partial charge in [-0.2, -0.15) is 5.26 Å². The lowest BCUT2D eigenvalue weighted by Crippen LogP contribution is -1.95. The molecule has 0 bridgehead atoms. The van der Waals surface area contributed by atoms with Gasteiger partial charge in [0.1, 0.15) is 6.07 Å². The molecule has 3 nitrogen and oxygen atoms in total. The molecule has 0 fully saturated rings. The van der Waals surface area contributed by atoms with Gasteiger partial charge in [0, 0.05) is 6.20 Å². The summed E-state index contributed by atoms with van der Waals surface area (Å²) in [5.74, 6) is 0. The summed E-state index contributed by atoms with van der Waals surface area (Å²) in [4.78, 5) is 4.07. The van der Waals surface area contributed by atoms with Crippen molar-refractivity contribution in [2.75, 3.05) is 6.54 Å². The van der Waals surface area contributed by atoms with E-state index >= 15 is 0 Å². The van der Waals surface area contributed by atoms with E-state index in [1.54, 1.807) is 12.3 Å². The van der Waals surface area contributed by atoms with Crippen LogP contribution in [-0.4, -0.2) is 11.5 Å². The summed E-state index contributed by atoms with van der Waals surface area (Å²) in [5, 5.41) is 8.52. The van der Waals surface area contributed by atoms with Crippen LogP contribution in [0.1, 0.15) is 17.7 Å². The normalized spacial score (nSPS) is 10.2. The van der Waals surface area contributed by atoms with Crippen LogP contribution < -0.4 is 5.73 Å². The maximum atomic E-state index is 8.52. The average molecular weight is 173 g/mol. The van der Waals surface area contributed by atoms with Crippen molar-refractivity contribution in [3.8, 4) is 6.07 Å². The van der Waals surface area contributed by atoms with Gasteiger partial charge in [-0.15, -0.1) is 0 Å². The van der Waals surface area contributed by atoms with Crippen molar-refractivity contribution in [2.24, 2.45) is 5.73 Å². The number of aromatic nitrogens is 1. The van der Waals surface area contributed by atoms with Crippen LogP contribution >= 0.6 is 0 Å². The molecule has 1 aromatic heterocycles. The fourth-order valence-electron chi connectivity index (χ4n) is 0.870. The molecule has 66 valence electrons. The van der Waals surface area contributed by atoms with Gasteiger partial charge in [-0.3, -0.25) is 4.98 Å². The van der Waals surface area contributed by atoms with Gasteiger partial charge in [0.2, 0.25) is 0 Å². The van der Waals surface area contributed by atoms with Crippen LogP contribution in [0.4, 0.5) is 0 Å². The van der Waals surface area contributed by atoms with E-state index in [-0.39, 0.29) is 0 Å². The van der Waals surface area contributed by atoms with Gasteiger partial charge in [-0.1, -0.05) is 6.08 Å². The summed E-state index contributed by atoms with van der Waals surface area (Å²) in [6.07, 6.45) is 6.27. The largest absolute Gasteiger partial charge is 0.330 e. The van der Waals surface area contributed by atoms with Crippen LogP contribution in [0.2, 0.25) is 0 Å². The first-order chi connectivity index (χ1) is 6.36. The maximum absolute atomic E-state index is 8.52. The Bertz CT molecular complexity index is 319. The molecule has 2 N–H and O–H groups in total. The van der Waals surface area contributed by atoms with E-state index in [1.165, 1.54) is 0 Å². The zero-order valence-electron chi connectivity index (χ0n) is 7.27. The molecular weight excluding hydrogens is 162 g/mol. The topological polar surface area (TPSA) is 62.7 Å². The Balaban J connectivity index is 2.65. The van der Waals surface area contributed by atoms with Gasteiger partial charge in [0.15, 0.2) is 0 Å². The second-order valence-electron chi connectivity index (χ2n) is 2.56. The van der Waals surface area contributed by atoms with E-state index in [2.05, 4.69) is 4.98 Å². The first-order valence-electron chi connectivity index (χ1n) is 4.09. The van der Waals surface area contributed by atoms with Crippen molar-refractivity contribution in [1.82, 2.24) is 4.98 Å². The number of nitrogens with zero attached hydrogens (tertiary/aromatic N) is 2. The molecule has 0 amide bonds. The predicted molar refractivity (Wildman–Crippen MR) is 51.7 cm³/mol. The summed E-state index contributed by atoms with van der Waals surface area (Å²) >= 11 is 0. The van der Waals surface area contributed by atoms with Gasteiger partial charge >= 0.3 is 0 Å². The van der Waals surface area contributed by atoms with Crippen molar-refractivity contribution in [3.63, 3.8) is 0 Å². The van der Waals surface area contributed by atoms with E-state index in [4.69, 9.17) is 11.0 Å². The first kappa shape index (κ1) is 9.43. The second-order valence-corrected chi connectivity index (χ2v) is 2.56. The molecule has 0 radical (unpaired) electrons. The quantitative estimate of drug-likeness (QED) is 0.749. The molecule has 1 aromatic rings. The Morgan fingerprint density at radius 3 is 2.92 bits per heavy atom. The van der Waals surface area contributed by atoms with Crippen LogP contribution in [0, 0.1) is 11.3 Å². The van der Waals surface area contributed by atoms with E-state index in [1.807, 2.05) is 24.3 Å². The lowest BCUT2D eigenvalue weighted by Gasteiger charge is -1.91. The molecule has 1 heterocycles. The molecule has 0 unspecified atom stereocenters. The molecular formula is C10H11N3. The third-order valence-electron chi connectivity index (χ3n) is 1.54. The Morgan fingerprint density at radius 1 is 1.54 bits per heavy atom. The highest BCUT2D eigenvalue weighted by Gasteiger charge is 1.89. The standard InChI is InChI=1S/C10H11N3/c11-6-2-1-3-10-5-4-9(7-12)8-13-10/h1,3-5,8H,2,6,11H2. The number of hydrogen-bond acceptors (Lipinski definition) is 3. The highest BCUT2D eigenvalue weighted by atomic mass is 14.7. The minimum Gasteiger partial charge on any atom is -0.330 e. The number of pyridine rings is 1. The minimum absolute atomic E-state index is 0.580. The number of hydrogen-bond donors (Lipinski definition) is 1. The zero-order chi connectivity index (χ0) is 9.52. The maximum Gasteiger partial charge on any atom is 0.101 e. The molecule has 1 rings (SSSR count). The summed E-state index contributed by atoms with van der Waals surface area (Å²) < 4.78 is 0. The van der Waals surface area contributed by atoms with Crippen molar-refractivity contribution < 1.29 is 0 Å². The Morgan fingerprint density at radius 2 is 2.38 bits per heavy atom. The Hall–Kier alpha value is -1.66. The van der Waals surface area contributed by atoms with Gasteiger partial charge < -0.3 is 5.73 Å². The molecule has 0 aromatic carbocycles. The fraction of sp³-hybridized carbons (Fsp3) is 0.200.